The van der Waals surface area contributed by atoms with Crippen LogP contribution in [0, 0.1) is 5.92 Å². The summed E-state index contributed by atoms with van der Waals surface area (Å²) in [6, 6.07) is 32.8. The fourth-order valence-electron chi connectivity index (χ4n) is 7.49. The van der Waals surface area contributed by atoms with Crippen LogP contribution in [0.3, 0.4) is 0 Å². The van der Waals surface area contributed by atoms with Crippen molar-refractivity contribution in [3.8, 4) is 11.5 Å². The van der Waals surface area contributed by atoms with Gasteiger partial charge in [0.25, 0.3) is 0 Å². The number of hydrogen-bond donors (Lipinski definition) is 5. The van der Waals surface area contributed by atoms with E-state index in [0.717, 1.165) is 77.5 Å². The molecule has 2 atom stereocenters. The molecule has 1 fully saturated rings. The third-order valence-electron chi connectivity index (χ3n) is 10.8. The van der Waals surface area contributed by atoms with Gasteiger partial charge in [0.1, 0.15) is 11.5 Å². The number of aliphatic hydroxyl groups is 2. The van der Waals surface area contributed by atoms with E-state index >= 15 is 0 Å². The molecule has 1 aliphatic heterocycles. The molecule has 0 saturated carbocycles. The molecule has 0 radical (unpaired) electrons. The van der Waals surface area contributed by atoms with E-state index in [4.69, 9.17) is 9.47 Å². The summed E-state index contributed by atoms with van der Waals surface area (Å²) in [7, 11) is 0. The Kier molecular flexibility index (Phi) is 14.7. The predicted octanol–water partition coefficient (Wildman–Crippen LogP) is 6.97. The number of piperidine rings is 1. The summed E-state index contributed by atoms with van der Waals surface area (Å²) in [5.41, 5.74) is 0.879. The van der Waals surface area contributed by atoms with Crippen molar-refractivity contribution in [3.05, 3.63) is 142 Å². The minimum absolute atomic E-state index is 0.0230. The first-order valence-electron chi connectivity index (χ1n) is 20.0. The van der Waals surface area contributed by atoms with Crippen LogP contribution in [0.4, 0.5) is 0 Å². The molecule has 296 valence electrons. The molecular weight excluding hydrogens is 707 g/mol. The molecule has 1 saturated heterocycles. The Labute approximate surface area is 329 Å². The maximum absolute atomic E-state index is 13.8. The third-order valence-corrected chi connectivity index (χ3v) is 10.8. The van der Waals surface area contributed by atoms with Crippen molar-refractivity contribution in [2.75, 3.05) is 39.4 Å². The van der Waals surface area contributed by atoms with E-state index in [2.05, 4.69) is 39.5 Å². The zero-order valence-corrected chi connectivity index (χ0v) is 32.1. The van der Waals surface area contributed by atoms with Crippen molar-refractivity contribution in [1.82, 2.24) is 15.2 Å². The van der Waals surface area contributed by atoms with Crippen LogP contribution in [0.25, 0.3) is 10.9 Å². The number of phenols is 1. The van der Waals surface area contributed by atoms with Gasteiger partial charge in [-0.2, -0.15) is 0 Å². The van der Waals surface area contributed by atoms with Crippen LogP contribution in [0.5, 0.6) is 11.5 Å². The van der Waals surface area contributed by atoms with E-state index < -0.39 is 17.7 Å². The molecule has 4 aromatic carbocycles. The van der Waals surface area contributed by atoms with Crippen molar-refractivity contribution >= 4 is 16.9 Å². The molecule has 2 heterocycles. The summed E-state index contributed by atoms with van der Waals surface area (Å²) in [6.07, 6.45) is 7.23. The number of pyridine rings is 1. The molecule has 5 N–H and O–H groups in total. The number of hydrogen-bond acceptors (Lipinski definition) is 9. The van der Waals surface area contributed by atoms with E-state index in [0.29, 0.717) is 46.5 Å². The highest BCUT2D eigenvalue weighted by molar-refractivity contribution is 5.87. The molecule has 0 spiro atoms. The van der Waals surface area contributed by atoms with Gasteiger partial charge < -0.3 is 35.1 Å². The number of unbranched alkanes of at least 4 members (excludes halogenated alkanes) is 5. The summed E-state index contributed by atoms with van der Waals surface area (Å²) in [6.45, 7) is 4.75. The number of aromatic hydroxyl groups is 1. The molecule has 6 rings (SSSR count). The van der Waals surface area contributed by atoms with Crippen molar-refractivity contribution in [2.45, 2.75) is 69.6 Å². The topological polar surface area (TPSA) is 144 Å². The van der Waals surface area contributed by atoms with Crippen molar-refractivity contribution < 1.29 is 29.6 Å². The number of esters is 1. The highest BCUT2D eigenvalue weighted by atomic mass is 16.5. The van der Waals surface area contributed by atoms with Gasteiger partial charge in [0.2, 0.25) is 11.2 Å². The monoisotopic (exact) mass is 761 g/mol. The lowest BCUT2D eigenvalue weighted by molar-refractivity contribution is -0.164. The molecule has 5 aromatic rings. The van der Waals surface area contributed by atoms with E-state index in [1.54, 1.807) is 42.5 Å². The lowest BCUT2D eigenvalue weighted by Crippen LogP contribution is -2.40. The zero-order chi connectivity index (χ0) is 39.2. The maximum atomic E-state index is 13.8. The molecule has 56 heavy (non-hydrogen) atoms. The van der Waals surface area contributed by atoms with E-state index in [1.165, 1.54) is 17.7 Å². The first-order valence-corrected chi connectivity index (χ1v) is 20.0. The van der Waals surface area contributed by atoms with E-state index in [9.17, 15) is 24.9 Å². The van der Waals surface area contributed by atoms with Crippen LogP contribution in [-0.2, 0) is 21.7 Å². The summed E-state index contributed by atoms with van der Waals surface area (Å²) < 4.78 is 12.0. The smallest absolute Gasteiger partial charge is 0.347 e. The van der Waals surface area contributed by atoms with Gasteiger partial charge in [-0.05, 0) is 92.2 Å². The SMILES string of the molecule is O=C(OCC1CCN(Cc2ccccc2)CC1)[C@](O)(c1ccccc1)c1cccc(OCCCCCCCCNC[C@H](O)c2ccc(O)c3[nH]c(=O)ccc23)c1. The Hall–Kier alpha value is -5.00. The van der Waals surface area contributed by atoms with Gasteiger partial charge in [-0.3, -0.25) is 9.69 Å². The van der Waals surface area contributed by atoms with Gasteiger partial charge in [0.15, 0.2) is 0 Å². The van der Waals surface area contributed by atoms with Crippen LogP contribution in [0.2, 0.25) is 0 Å². The van der Waals surface area contributed by atoms with Gasteiger partial charge in [-0.25, -0.2) is 4.79 Å². The number of aromatic amines is 1. The van der Waals surface area contributed by atoms with Crippen LogP contribution in [-0.4, -0.2) is 70.6 Å². The Bertz CT molecular complexity index is 2030. The fourth-order valence-corrected chi connectivity index (χ4v) is 7.49. The molecule has 0 bridgehead atoms. The van der Waals surface area contributed by atoms with Crippen molar-refractivity contribution in [3.63, 3.8) is 0 Å². The normalized spacial score (nSPS) is 15.3. The van der Waals surface area contributed by atoms with Crippen molar-refractivity contribution in [1.29, 1.82) is 0 Å². The number of likely N-dealkylation sites (tertiary alicyclic amines) is 1. The Morgan fingerprint density at radius 1 is 0.839 bits per heavy atom. The molecule has 0 aliphatic carbocycles. The number of ether oxygens (including phenoxy) is 2. The predicted molar refractivity (Wildman–Crippen MR) is 219 cm³/mol. The zero-order valence-electron chi connectivity index (χ0n) is 32.1. The number of H-pyrrole nitrogens is 1. The number of nitrogens with zero attached hydrogens (tertiary/aromatic N) is 1. The molecular formula is C46H55N3O7. The second-order valence-electron chi connectivity index (χ2n) is 14.9. The quantitative estimate of drug-likeness (QED) is 0.0420. The lowest BCUT2D eigenvalue weighted by Gasteiger charge is -2.33. The van der Waals surface area contributed by atoms with Crippen LogP contribution in [0.15, 0.2) is 114 Å². The molecule has 0 unspecified atom stereocenters. The lowest BCUT2D eigenvalue weighted by atomic mass is 9.86. The Balaban J connectivity index is 0.897. The standard InChI is InChI=1S/C46H55N3O7/c50-41-22-20-39(40-21-23-43(52)48-44(40)41)42(51)31-47-26-11-3-1-2-4-12-29-55-38-19-13-18-37(30-38)46(54,36-16-9-6-10-17-36)45(53)56-33-35-24-27-49(28-25-35)32-34-14-7-5-8-15-34/h5-10,13-23,30,35,42,47,50-51,54H,1-4,11-12,24-29,31-33H2,(H,48,52)/t42-,46-/m0/s1. The van der Waals surface area contributed by atoms with Gasteiger partial charge in [-0.15, -0.1) is 0 Å². The number of carbonyl (C=O) groups is 1. The third kappa shape index (κ3) is 10.9. The number of nitrogens with one attached hydrogen (secondary N) is 2. The highest BCUT2D eigenvalue weighted by Crippen LogP contribution is 2.34. The van der Waals surface area contributed by atoms with Crippen LogP contribution in [0.1, 0.15) is 79.7 Å². The summed E-state index contributed by atoms with van der Waals surface area (Å²) in [5.74, 6) is 0.136. The Morgan fingerprint density at radius 2 is 1.54 bits per heavy atom. The van der Waals surface area contributed by atoms with Crippen LogP contribution < -0.4 is 15.6 Å². The van der Waals surface area contributed by atoms with Crippen LogP contribution >= 0.6 is 0 Å². The highest BCUT2D eigenvalue weighted by Gasteiger charge is 2.42. The minimum atomic E-state index is -1.97. The Morgan fingerprint density at radius 3 is 2.30 bits per heavy atom. The number of carbonyl (C=O) groups excluding carboxylic acids is 1. The first-order chi connectivity index (χ1) is 27.3. The molecule has 0 amide bonds. The van der Waals surface area contributed by atoms with Gasteiger partial charge in [0, 0.05) is 30.1 Å². The van der Waals surface area contributed by atoms with Gasteiger partial charge >= 0.3 is 5.97 Å². The molecule has 1 aliphatic rings. The molecule has 1 aromatic heterocycles. The number of phenolic OH excluding ortho intramolecular Hbond substituents is 1. The molecule has 10 nitrogen and oxygen atoms in total. The van der Waals surface area contributed by atoms with Crippen molar-refractivity contribution in [2.24, 2.45) is 5.92 Å². The maximum Gasteiger partial charge on any atom is 0.347 e. The largest absolute Gasteiger partial charge is 0.506 e. The van der Waals surface area contributed by atoms with Gasteiger partial charge in [-0.1, -0.05) is 105 Å². The summed E-state index contributed by atoms with van der Waals surface area (Å²) in [4.78, 5) is 30.5. The summed E-state index contributed by atoms with van der Waals surface area (Å²) >= 11 is 0. The van der Waals surface area contributed by atoms with Gasteiger partial charge in [0.05, 0.1) is 24.8 Å². The average molecular weight is 762 g/mol. The first kappa shape index (κ1) is 40.7. The summed E-state index contributed by atoms with van der Waals surface area (Å²) in [5, 5.41) is 36.9. The fraction of sp³-hybridized carbons (Fsp3) is 0.391. The average Bonchev–Trinajstić information content (AvgIpc) is 3.23. The second kappa shape index (κ2) is 20.2. The number of aromatic nitrogens is 1. The number of benzene rings is 4. The molecule has 10 heteroatoms. The second-order valence-corrected chi connectivity index (χ2v) is 14.9. The number of rotatable bonds is 20. The van der Waals surface area contributed by atoms with E-state index in [1.807, 2.05) is 30.3 Å². The minimum Gasteiger partial charge on any atom is -0.506 e. The van der Waals surface area contributed by atoms with E-state index in [-0.39, 0.29) is 23.8 Å². The number of fused-ring (bicyclic) bond motifs is 1. The number of aliphatic hydroxyl groups excluding tert-OH is 1.